The second-order valence-corrected chi connectivity index (χ2v) is 8.20. The average molecular weight is 380 g/mol. The highest BCUT2D eigenvalue weighted by atomic mass is 16.5. The van der Waals surface area contributed by atoms with Crippen molar-refractivity contribution in [1.29, 1.82) is 0 Å². The van der Waals surface area contributed by atoms with Crippen LogP contribution in [-0.2, 0) is 17.9 Å². The van der Waals surface area contributed by atoms with Crippen LogP contribution in [0.1, 0.15) is 36.6 Å². The van der Waals surface area contributed by atoms with Crippen molar-refractivity contribution in [1.82, 2.24) is 14.5 Å². The van der Waals surface area contributed by atoms with E-state index in [0.29, 0.717) is 40.7 Å². The van der Waals surface area contributed by atoms with E-state index in [1.54, 1.807) is 12.1 Å². The fraction of sp³-hybridized carbons (Fsp3) is 0.571. The molecule has 0 amide bonds. The van der Waals surface area contributed by atoms with Gasteiger partial charge in [-0.2, -0.15) is 0 Å². The van der Waals surface area contributed by atoms with Gasteiger partial charge in [-0.15, -0.1) is 0 Å². The largest absolute Gasteiger partial charge is 0.393 e. The Morgan fingerprint density at radius 1 is 1.29 bits per heavy atom. The van der Waals surface area contributed by atoms with E-state index in [1.807, 2.05) is 4.57 Å². The summed E-state index contributed by atoms with van der Waals surface area (Å²) in [5.74, 6) is 1.77. The van der Waals surface area contributed by atoms with E-state index < -0.39 is 0 Å². The number of aliphatic hydroxyl groups is 1. The van der Waals surface area contributed by atoms with Crippen LogP contribution in [0.5, 0.6) is 0 Å². The number of fused-ring (bicyclic) bond motifs is 4. The average Bonchev–Trinajstić information content (AvgIpc) is 2.69. The molecule has 2 aromatic rings. The van der Waals surface area contributed by atoms with Crippen LogP contribution in [0.15, 0.2) is 16.9 Å². The van der Waals surface area contributed by atoms with Crippen LogP contribution < -0.4 is 5.56 Å². The van der Waals surface area contributed by atoms with Crippen molar-refractivity contribution in [3.8, 4) is 0 Å². The highest BCUT2D eigenvalue weighted by Crippen LogP contribution is 2.38. The summed E-state index contributed by atoms with van der Waals surface area (Å²) < 4.78 is 7.17. The van der Waals surface area contributed by atoms with Gasteiger partial charge in [-0.3, -0.25) is 14.3 Å². The van der Waals surface area contributed by atoms with Crippen molar-refractivity contribution in [3.05, 3.63) is 45.3 Å². The van der Waals surface area contributed by atoms with Crippen LogP contribution in [0, 0.1) is 12.5 Å². The van der Waals surface area contributed by atoms with Gasteiger partial charge in [0.05, 0.1) is 37.3 Å². The van der Waals surface area contributed by atoms with Gasteiger partial charge in [-0.05, 0) is 43.5 Å². The Hall–Kier alpha value is -2.27. The minimum atomic E-state index is -0.225. The molecule has 28 heavy (non-hydrogen) atoms. The zero-order valence-corrected chi connectivity index (χ0v) is 15.8. The topological polar surface area (TPSA) is 72.0 Å². The molecule has 2 saturated heterocycles. The first-order valence-electron chi connectivity index (χ1n) is 10.1. The first-order valence-corrected chi connectivity index (χ1v) is 10.1. The lowest BCUT2D eigenvalue weighted by atomic mass is 9.83. The van der Waals surface area contributed by atoms with Gasteiger partial charge >= 0.3 is 0 Å². The number of nitrogens with zero attached hydrogens (tertiary/aromatic N) is 4. The van der Waals surface area contributed by atoms with Crippen molar-refractivity contribution in [2.45, 2.75) is 44.4 Å². The molecule has 0 bridgehead atoms. The number of rotatable bonds is 3. The van der Waals surface area contributed by atoms with Gasteiger partial charge in [0.25, 0.3) is 5.56 Å². The Labute approximate surface area is 163 Å². The SMILES string of the molecule is [C-]#[N+]c1cc2c(=O)n3c(nc2cc1CO)[C@H]1CCCN(CC2COC2)[C@@H]1CC3. The number of ether oxygens (including phenoxy) is 1. The smallest absolute Gasteiger partial charge is 0.260 e. The van der Waals surface area contributed by atoms with Crippen LogP contribution >= 0.6 is 0 Å². The maximum absolute atomic E-state index is 13.2. The van der Waals surface area contributed by atoms with Crippen LogP contribution in [0.3, 0.4) is 0 Å². The number of piperidine rings is 1. The molecule has 0 spiro atoms. The lowest BCUT2D eigenvalue weighted by Crippen LogP contribution is -2.52. The molecule has 0 saturated carbocycles. The molecule has 4 heterocycles. The van der Waals surface area contributed by atoms with Crippen LogP contribution in [-0.4, -0.2) is 51.9 Å². The second-order valence-electron chi connectivity index (χ2n) is 8.20. The van der Waals surface area contributed by atoms with E-state index in [0.717, 1.165) is 51.4 Å². The van der Waals surface area contributed by atoms with Gasteiger partial charge in [0.1, 0.15) is 5.82 Å². The number of hydrogen-bond acceptors (Lipinski definition) is 5. The molecule has 0 radical (unpaired) electrons. The van der Waals surface area contributed by atoms with Crippen molar-refractivity contribution in [3.63, 3.8) is 0 Å². The van der Waals surface area contributed by atoms with Crippen molar-refractivity contribution in [2.75, 3.05) is 26.3 Å². The van der Waals surface area contributed by atoms with Crippen LogP contribution in [0.2, 0.25) is 0 Å². The third-order valence-electron chi connectivity index (χ3n) is 6.55. The lowest BCUT2D eigenvalue weighted by Gasteiger charge is -2.46. The summed E-state index contributed by atoms with van der Waals surface area (Å²) in [6.07, 6.45) is 3.12. The molecule has 7 heteroatoms. The zero-order chi connectivity index (χ0) is 19.3. The molecule has 5 rings (SSSR count). The normalized spacial score (nSPS) is 25.0. The molecule has 1 N–H and O–H groups in total. The van der Waals surface area contributed by atoms with E-state index >= 15 is 0 Å². The fourth-order valence-electron chi connectivity index (χ4n) is 5.07. The van der Waals surface area contributed by atoms with Crippen LogP contribution in [0.4, 0.5) is 5.69 Å². The zero-order valence-electron chi connectivity index (χ0n) is 15.8. The highest BCUT2D eigenvalue weighted by molar-refractivity contribution is 5.84. The summed E-state index contributed by atoms with van der Waals surface area (Å²) >= 11 is 0. The van der Waals surface area contributed by atoms with Gasteiger partial charge in [0, 0.05) is 31.0 Å². The van der Waals surface area contributed by atoms with Gasteiger partial charge in [-0.25, -0.2) is 9.83 Å². The molecule has 146 valence electrons. The third-order valence-corrected chi connectivity index (χ3v) is 6.55. The van der Waals surface area contributed by atoms with Gasteiger partial charge in [-0.1, -0.05) is 0 Å². The number of benzene rings is 1. The predicted molar refractivity (Wildman–Crippen MR) is 104 cm³/mol. The molecule has 2 atom stereocenters. The fourth-order valence-corrected chi connectivity index (χ4v) is 5.07. The summed E-state index contributed by atoms with van der Waals surface area (Å²) in [4.78, 5) is 24.1. The number of aromatic nitrogens is 2. The summed E-state index contributed by atoms with van der Waals surface area (Å²) in [6, 6.07) is 3.73. The maximum Gasteiger partial charge on any atom is 0.260 e. The van der Waals surface area contributed by atoms with E-state index in [4.69, 9.17) is 16.3 Å². The third kappa shape index (κ3) is 2.75. The molecule has 3 aliphatic heterocycles. The number of hydrogen-bond donors (Lipinski definition) is 1. The molecule has 7 nitrogen and oxygen atoms in total. The molecular weight excluding hydrogens is 356 g/mol. The van der Waals surface area contributed by atoms with Gasteiger partial charge < -0.3 is 9.84 Å². The van der Waals surface area contributed by atoms with E-state index in [-0.39, 0.29) is 18.1 Å². The van der Waals surface area contributed by atoms with Crippen LogP contribution in [0.25, 0.3) is 15.7 Å². The quantitative estimate of drug-likeness (QED) is 0.825. The summed E-state index contributed by atoms with van der Waals surface area (Å²) in [5, 5.41) is 10.1. The molecular formula is C21H24N4O3. The lowest BCUT2D eigenvalue weighted by molar-refractivity contribution is -0.0590. The Morgan fingerprint density at radius 3 is 2.86 bits per heavy atom. The Balaban J connectivity index is 1.57. The minimum absolute atomic E-state index is 0.0580. The monoisotopic (exact) mass is 380 g/mol. The standard InChI is InChI=1S/C21H24N4O3/c1-22-17-8-16-18(7-14(17)10-26)23-20-15-3-2-5-24(9-13-11-28-12-13)19(15)4-6-25(20)21(16)27/h7-8,13,15,19,26H,2-6,9-12H2/t15-,19+/m0/s1. The van der Waals surface area contributed by atoms with E-state index in [1.165, 1.54) is 0 Å². The first kappa shape index (κ1) is 17.8. The summed E-state index contributed by atoms with van der Waals surface area (Å²) in [6.45, 7) is 11.7. The summed E-state index contributed by atoms with van der Waals surface area (Å²) in [7, 11) is 0. The molecule has 1 aromatic heterocycles. The number of likely N-dealkylation sites (tertiary alicyclic amines) is 1. The number of aliphatic hydroxyl groups excluding tert-OH is 1. The highest BCUT2D eigenvalue weighted by Gasteiger charge is 2.39. The van der Waals surface area contributed by atoms with E-state index in [9.17, 15) is 9.90 Å². The van der Waals surface area contributed by atoms with Crippen molar-refractivity contribution in [2.24, 2.45) is 5.92 Å². The molecule has 3 aliphatic rings. The molecule has 2 fully saturated rings. The van der Waals surface area contributed by atoms with Crippen molar-refractivity contribution >= 4 is 16.6 Å². The maximum atomic E-state index is 13.2. The molecule has 1 aromatic carbocycles. The van der Waals surface area contributed by atoms with E-state index in [2.05, 4.69) is 9.74 Å². The Bertz CT molecular complexity index is 1020. The molecule has 0 aliphatic carbocycles. The predicted octanol–water partition coefficient (Wildman–Crippen LogP) is 2.04. The molecule has 0 unspecified atom stereocenters. The first-order chi connectivity index (χ1) is 13.7. The minimum Gasteiger partial charge on any atom is -0.393 e. The Kier molecular flexibility index (Phi) is 4.43. The second kappa shape index (κ2) is 6.96. The Morgan fingerprint density at radius 2 is 2.14 bits per heavy atom. The van der Waals surface area contributed by atoms with Gasteiger partial charge in [0.2, 0.25) is 0 Å². The van der Waals surface area contributed by atoms with Crippen molar-refractivity contribution < 1.29 is 9.84 Å². The van der Waals surface area contributed by atoms with Gasteiger partial charge in [0.15, 0.2) is 5.69 Å². The summed E-state index contributed by atoms with van der Waals surface area (Å²) in [5.41, 5.74) is 1.40.